The van der Waals surface area contributed by atoms with Crippen LogP contribution in [0.1, 0.15) is 25.7 Å². The normalized spacial score (nSPS) is 24.3. The van der Waals surface area contributed by atoms with E-state index in [0.29, 0.717) is 5.69 Å². The van der Waals surface area contributed by atoms with Gasteiger partial charge in [0, 0.05) is 9.26 Å². The van der Waals surface area contributed by atoms with E-state index in [0.717, 1.165) is 34.2 Å². The van der Waals surface area contributed by atoms with Gasteiger partial charge in [-0.1, -0.05) is 12.8 Å². The summed E-state index contributed by atoms with van der Waals surface area (Å²) in [6, 6.07) is 7.37. The number of nitrogens with one attached hydrogen (secondary N) is 1. The third kappa shape index (κ3) is 3.02. The van der Waals surface area contributed by atoms with Gasteiger partial charge in [0.05, 0.1) is 11.8 Å². The fourth-order valence-electron chi connectivity index (χ4n) is 3.26. The lowest BCUT2D eigenvalue weighted by Crippen LogP contribution is -2.38. The van der Waals surface area contributed by atoms with E-state index in [1.807, 2.05) is 12.1 Å². The number of benzene rings is 1. The summed E-state index contributed by atoms with van der Waals surface area (Å²) in [7, 11) is 0. The summed E-state index contributed by atoms with van der Waals surface area (Å²) in [6.07, 6.45) is 3.51. The number of rotatable bonds is 3. The first kappa shape index (κ1) is 15.5. The standard InChI is InChI=1S/C16H17IN2O3/c17-10-5-7-11(8-6-10)18-14(20)9-19-15(21)12-3-1-2-4-13(12)16(19)22/h5-8,12-13H,1-4,9H2,(H,18,20)/t12-,13+. The predicted octanol–water partition coefficient (Wildman–Crippen LogP) is 2.40. The number of anilines is 1. The van der Waals surface area contributed by atoms with Gasteiger partial charge in [-0.05, 0) is 59.7 Å². The molecule has 0 aromatic heterocycles. The van der Waals surface area contributed by atoms with E-state index in [4.69, 9.17) is 0 Å². The third-order valence-corrected chi connectivity index (χ3v) is 5.08. The molecule has 0 bridgehead atoms. The molecule has 1 aliphatic heterocycles. The first-order valence-corrected chi connectivity index (χ1v) is 8.55. The molecule has 0 spiro atoms. The summed E-state index contributed by atoms with van der Waals surface area (Å²) >= 11 is 2.18. The van der Waals surface area contributed by atoms with Crippen molar-refractivity contribution in [2.75, 3.05) is 11.9 Å². The highest BCUT2D eigenvalue weighted by atomic mass is 127. The molecule has 2 atom stereocenters. The molecule has 1 aromatic carbocycles. The summed E-state index contributed by atoms with van der Waals surface area (Å²) in [5, 5.41) is 2.73. The lowest BCUT2D eigenvalue weighted by molar-refractivity contribution is -0.142. The Morgan fingerprint density at radius 2 is 1.64 bits per heavy atom. The van der Waals surface area contributed by atoms with Gasteiger partial charge in [0.1, 0.15) is 6.54 Å². The number of hydrogen-bond donors (Lipinski definition) is 1. The molecule has 6 heteroatoms. The van der Waals surface area contributed by atoms with E-state index >= 15 is 0 Å². The molecule has 1 aliphatic carbocycles. The Morgan fingerprint density at radius 3 is 2.18 bits per heavy atom. The zero-order valence-electron chi connectivity index (χ0n) is 12.0. The Hall–Kier alpha value is -1.44. The van der Waals surface area contributed by atoms with Crippen LogP contribution in [0.25, 0.3) is 0 Å². The molecule has 1 N–H and O–H groups in total. The Morgan fingerprint density at radius 1 is 1.09 bits per heavy atom. The van der Waals surface area contributed by atoms with Gasteiger partial charge < -0.3 is 5.32 Å². The number of nitrogens with zero attached hydrogens (tertiary/aromatic N) is 1. The number of imide groups is 1. The minimum atomic E-state index is -0.332. The quantitative estimate of drug-likeness (QED) is 0.613. The van der Waals surface area contributed by atoms with E-state index in [1.165, 1.54) is 0 Å². The second-order valence-electron chi connectivity index (χ2n) is 5.82. The van der Waals surface area contributed by atoms with Gasteiger partial charge in [-0.15, -0.1) is 0 Å². The molecule has 1 aromatic rings. The first-order valence-electron chi connectivity index (χ1n) is 7.47. The van der Waals surface area contributed by atoms with E-state index in [1.54, 1.807) is 12.1 Å². The van der Waals surface area contributed by atoms with Crippen molar-refractivity contribution in [3.05, 3.63) is 27.8 Å². The highest BCUT2D eigenvalue weighted by Gasteiger charge is 2.48. The second-order valence-corrected chi connectivity index (χ2v) is 7.06. The summed E-state index contributed by atoms with van der Waals surface area (Å²) in [6.45, 7) is -0.184. The molecule has 1 saturated heterocycles. The SMILES string of the molecule is O=C(CN1C(=O)[C@H]2CCCC[C@H]2C1=O)Nc1ccc(I)cc1. The van der Waals surface area contributed by atoms with E-state index in [2.05, 4.69) is 27.9 Å². The highest BCUT2D eigenvalue weighted by Crippen LogP contribution is 2.37. The number of fused-ring (bicyclic) bond motifs is 1. The zero-order valence-corrected chi connectivity index (χ0v) is 14.2. The number of likely N-dealkylation sites (tertiary alicyclic amines) is 1. The van der Waals surface area contributed by atoms with Gasteiger partial charge in [0.15, 0.2) is 0 Å². The van der Waals surface area contributed by atoms with Crippen LogP contribution in [0.3, 0.4) is 0 Å². The summed E-state index contributed by atoms with van der Waals surface area (Å²) in [5.74, 6) is -1.08. The van der Waals surface area contributed by atoms with Crippen LogP contribution in [-0.2, 0) is 14.4 Å². The maximum Gasteiger partial charge on any atom is 0.244 e. The van der Waals surface area contributed by atoms with Crippen molar-refractivity contribution < 1.29 is 14.4 Å². The van der Waals surface area contributed by atoms with E-state index in [-0.39, 0.29) is 36.1 Å². The number of hydrogen-bond acceptors (Lipinski definition) is 3. The zero-order chi connectivity index (χ0) is 15.7. The van der Waals surface area contributed by atoms with Crippen molar-refractivity contribution in [2.45, 2.75) is 25.7 Å². The largest absolute Gasteiger partial charge is 0.325 e. The topological polar surface area (TPSA) is 66.5 Å². The molecule has 2 fully saturated rings. The molecular formula is C16H17IN2O3. The average Bonchev–Trinajstić information content (AvgIpc) is 2.75. The number of amides is 3. The van der Waals surface area contributed by atoms with Crippen LogP contribution in [0.15, 0.2) is 24.3 Å². The summed E-state index contributed by atoms with van der Waals surface area (Å²) < 4.78 is 1.07. The van der Waals surface area contributed by atoms with Gasteiger partial charge in [-0.3, -0.25) is 19.3 Å². The fraction of sp³-hybridized carbons (Fsp3) is 0.438. The molecule has 1 heterocycles. The van der Waals surface area contributed by atoms with E-state index in [9.17, 15) is 14.4 Å². The number of carbonyl (C=O) groups excluding carboxylic acids is 3. The predicted molar refractivity (Wildman–Crippen MR) is 90.0 cm³/mol. The van der Waals surface area contributed by atoms with Gasteiger partial charge in [-0.25, -0.2) is 0 Å². The van der Waals surface area contributed by atoms with E-state index < -0.39 is 0 Å². The fourth-order valence-corrected chi connectivity index (χ4v) is 3.62. The molecule has 0 radical (unpaired) electrons. The van der Waals surface area contributed by atoms with Crippen LogP contribution in [0.5, 0.6) is 0 Å². The van der Waals surface area contributed by atoms with Crippen LogP contribution in [-0.4, -0.2) is 29.2 Å². The smallest absolute Gasteiger partial charge is 0.244 e. The van der Waals surface area contributed by atoms with Crippen LogP contribution in [0, 0.1) is 15.4 Å². The van der Waals surface area contributed by atoms with Crippen molar-refractivity contribution in [2.24, 2.45) is 11.8 Å². The molecule has 3 amide bonds. The molecule has 2 aliphatic rings. The van der Waals surface area contributed by atoms with Gasteiger partial charge in [0.2, 0.25) is 17.7 Å². The van der Waals surface area contributed by atoms with Crippen molar-refractivity contribution in [1.82, 2.24) is 4.90 Å². The van der Waals surface area contributed by atoms with Crippen molar-refractivity contribution in [3.63, 3.8) is 0 Å². The summed E-state index contributed by atoms with van der Waals surface area (Å²) in [5.41, 5.74) is 0.668. The first-order chi connectivity index (χ1) is 10.6. The van der Waals surface area contributed by atoms with Crippen molar-refractivity contribution in [1.29, 1.82) is 0 Å². The molecule has 0 unspecified atom stereocenters. The minimum Gasteiger partial charge on any atom is -0.325 e. The number of carbonyl (C=O) groups is 3. The lowest BCUT2D eigenvalue weighted by atomic mass is 9.81. The number of halogens is 1. The van der Waals surface area contributed by atoms with Crippen molar-refractivity contribution >= 4 is 46.0 Å². The minimum absolute atomic E-state index is 0.174. The highest BCUT2D eigenvalue weighted by molar-refractivity contribution is 14.1. The maximum atomic E-state index is 12.3. The van der Waals surface area contributed by atoms with Crippen LogP contribution >= 0.6 is 22.6 Å². The molecule has 1 saturated carbocycles. The maximum absolute atomic E-state index is 12.3. The van der Waals surface area contributed by atoms with Crippen molar-refractivity contribution in [3.8, 4) is 0 Å². The van der Waals surface area contributed by atoms with Gasteiger partial charge >= 0.3 is 0 Å². The molecule has 116 valence electrons. The Bertz CT molecular complexity index is 590. The van der Waals surface area contributed by atoms with Crippen LogP contribution in [0.4, 0.5) is 5.69 Å². The van der Waals surface area contributed by atoms with Gasteiger partial charge in [0.25, 0.3) is 0 Å². The van der Waals surface area contributed by atoms with Crippen LogP contribution in [0.2, 0.25) is 0 Å². The second kappa shape index (κ2) is 6.36. The molecule has 22 heavy (non-hydrogen) atoms. The molecule has 3 rings (SSSR count). The molecular weight excluding hydrogens is 395 g/mol. The summed E-state index contributed by atoms with van der Waals surface area (Å²) in [4.78, 5) is 37.8. The Kier molecular flexibility index (Phi) is 4.46. The average molecular weight is 412 g/mol. The Labute approximate surface area is 142 Å². The monoisotopic (exact) mass is 412 g/mol. The van der Waals surface area contributed by atoms with Gasteiger partial charge in [-0.2, -0.15) is 0 Å². The van der Waals surface area contributed by atoms with Crippen LogP contribution < -0.4 is 5.32 Å². The Balaban J connectivity index is 1.64. The molecule has 5 nitrogen and oxygen atoms in total. The lowest BCUT2D eigenvalue weighted by Gasteiger charge is -2.19. The third-order valence-electron chi connectivity index (χ3n) is 4.36.